The Hall–Kier alpha value is -0.930. The lowest BCUT2D eigenvalue weighted by Crippen LogP contribution is -1.85. The van der Waals surface area contributed by atoms with Gasteiger partial charge in [0.1, 0.15) is 0 Å². The first-order chi connectivity index (χ1) is 5.83. The molecule has 64 valence electrons. The molecule has 0 unspecified atom stereocenters. The topological polar surface area (TPSA) is 46.0 Å². The highest BCUT2D eigenvalue weighted by molar-refractivity contribution is 6.29. The molecule has 0 fully saturated rings. The van der Waals surface area contributed by atoms with E-state index in [1.807, 2.05) is 6.08 Å². The number of rotatable bonds is 3. The van der Waals surface area contributed by atoms with Crippen LogP contribution < -0.4 is 0 Å². The lowest BCUT2D eigenvalue weighted by molar-refractivity contribution is 0.303. The van der Waals surface area contributed by atoms with Gasteiger partial charge in [-0.1, -0.05) is 17.7 Å². The molecular weight excluding hydrogens is 176 g/mol. The highest BCUT2D eigenvalue weighted by Gasteiger charge is 1.89. The Balaban J connectivity index is 2.58. The van der Waals surface area contributed by atoms with Gasteiger partial charge in [-0.25, -0.2) is 0 Å². The molecule has 0 amide bonds. The second kappa shape index (κ2) is 4.85. The molecular formula is C8H9ClN2O. The zero-order valence-electron chi connectivity index (χ0n) is 6.44. The van der Waals surface area contributed by atoms with E-state index in [9.17, 15) is 0 Å². The first-order valence-corrected chi connectivity index (χ1v) is 3.97. The molecule has 0 aliphatic heterocycles. The van der Waals surface area contributed by atoms with Crippen LogP contribution in [0, 0.1) is 0 Å². The molecule has 1 heterocycles. The van der Waals surface area contributed by atoms with E-state index in [1.165, 1.54) is 0 Å². The molecule has 1 aromatic heterocycles. The quantitative estimate of drug-likeness (QED) is 0.775. The Morgan fingerprint density at radius 1 is 1.42 bits per heavy atom. The van der Waals surface area contributed by atoms with Crippen LogP contribution in [0.2, 0.25) is 5.15 Å². The summed E-state index contributed by atoms with van der Waals surface area (Å²) in [4.78, 5) is 0. The summed E-state index contributed by atoms with van der Waals surface area (Å²) in [5.41, 5.74) is 0.743. The number of nitrogens with zero attached hydrogens (tertiary/aromatic N) is 2. The maximum Gasteiger partial charge on any atom is 0.151 e. The lowest BCUT2D eigenvalue weighted by Gasteiger charge is -1.90. The molecule has 0 atom stereocenters. The highest BCUT2D eigenvalue weighted by Crippen LogP contribution is 2.03. The SMILES string of the molecule is OCCC=Cc1ccc(Cl)nn1. The summed E-state index contributed by atoms with van der Waals surface area (Å²) in [7, 11) is 0. The van der Waals surface area contributed by atoms with Gasteiger partial charge in [-0.3, -0.25) is 0 Å². The number of aliphatic hydroxyl groups is 1. The van der Waals surface area contributed by atoms with Crippen molar-refractivity contribution in [2.45, 2.75) is 6.42 Å². The summed E-state index contributed by atoms with van der Waals surface area (Å²) < 4.78 is 0. The maximum atomic E-state index is 8.48. The number of hydrogen-bond acceptors (Lipinski definition) is 3. The van der Waals surface area contributed by atoms with E-state index in [1.54, 1.807) is 18.2 Å². The first-order valence-electron chi connectivity index (χ1n) is 3.59. The zero-order valence-corrected chi connectivity index (χ0v) is 7.20. The Morgan fingerprint density at radius 2 is 2.25 bits per heavy atom. The molecule has 0 bridgehead atoms. The molecule has 0 saturated heterocycles. The van der Waals surface area contributed by atoms with E-state index in [4.69, 9.17) is 16.7 Å². The predicted octanol–water partition coefficient (Wildman–Crippen LogP) is 1.53. The molecule has 12 heavy (non-hydrogen) atoms. The van der Waals surface area contributed by atoms with Crippen molar-refractivity contribution < 1.29 is 5.11 Å². The standard InChI is InChI=1S/C8H9ClN2O/c9-8-5-4-7(10-11-8)3-1-2-6-12/h1,3-5,12H,2,6H2. The van der Waals surface area contributed by atoms with Crippen molar-refractivity contribution >= 4 is 17.7 Å². The third-order valence-electron chi connectivity index (χ3n) is 1.24. The fourth-order valence-electron chi connectivity index (χ4n) is 0.694. The van der Waals surface area contributed by atoms with Gasteiger partial charge in [0.15, 0.2) is 5.15 Å². The minimum absolute atomic E-state index is 0.150. The summed E-state index contributed by atoms with van der Waals surface area (Å²) in [6.45, 7) is 0.150. The van der Waals surface area contributed by atoms with Gasteiger partial charge >= 0.3 is 0 Å². The van der Waals surface area contributed by atoms with Gasteiger partial charge in [-0.05, 0) is 24.6 Å². The van der Waals surface area contributed by atoms with Crippen molar-refractivity contribution in [3.63, 3.8) is 0 Å². The monoisotopic (exact) mass is 184 g/mol. The Morgan fingerprint density at radius 3 is 2.83 bits per heavy atom. The van der Waals surface area contributed by atoms with Crippen LogP contribution >= 0.6 is 11.6 Å². The predicted molar refractivity (Wildman–Crippen MR) is 47.8 cm³/mol. The van der Waals surface area contributed by atoms with Crippen molar-refractivity contribution in [1.82, 2.24) is 10.2 Å². The van der Waals surface area contributed by atoms with E-state index < -0.39 is 0 Å². The lowest BCUT2D eigenvalue weighted by atomic mass is 10.3. The van der Waals surface area contributed by atoms with Crippen molar-refractivity contribution in [2.24, 2.45) is 0 Å². The molecule has 0 spiro atoms. The molecule has 0 saturated carbocycles. The van der Waals surface area contributed by atoms with Crippen LogP contribution in [0.1, 0.15) is 12.1 Å². The highest BCUT2D eigenvalue weighted by atomic mass is 35.5. The number of aliphatic hydroxyl groups excluding tert-OH is 1. The van der Waals surface area contributed by atoms with Crippen molar-refractivity contribution in [3.05, 3.63) is 29.1 Å². The zero-order chi connectivity index (χ0) is 8.81. The second-order valence-electron chi connectivity index (χ2n) is 2.20. The van der Waals surface area contributed by atoms with E-state index >= 15 is 0 Å². The Bertz CT molecular complexity index is 258. The van der Waals surface area contributed by atoms with Crippen LogP contribution in [-0.2, 0) is 0 Å². The van der Waals surface area contributed by atoms with E-state index in [-0.39, 0.29) is 6.61 Å². The molecule has 0 radical (unpaired) electrons. The van der Waals surface area contributed by atoms with Crippen LogP contribution in [0.5, 0.6) is 0 Å². The van der Waals surface area contributed by atoms with Crippen molar-refractivity contribution in [1.29, 1.82) is 0 Å². The van der Waals surface area contributed by atoms with Gasteiger partial charge in [0.2, 0.25) is 0 Å². The normalized spacial score (nSPS) is 10.8. The third-order valence-corrected chi connectivity index (χ3v) is 1.44. The average molecular weight is 185 g/mol. The van der Waals surface area contributed by atoms with E-state index in [2.05, 4.69) is 10.2 Å². The second-order valence-corrected chi connectivity index (χ2v) is 2.58. The van der Waals surface area contributed by atoms with Crippen LogP contribution in [0.15, 0.2) is 18.2 Å². The van der Waals surface area contributed by atoms with Crippen LogP contribution in [0.4, 0.5) is 0 Å². The largest absolute Gasteiger partial charge is 0.396 e. The van der Waals surface area contributed by atoms with Gasteiger partial charge in [0.05, 0.1) is 5.69 Å². The minimum atomic E-state index is 0.150. The molecule has 0 aliphatic carbocycles. The third kappa shape index (κ3) is 2.98. The summed E-state index contributed by atoms with van der Waals surface area (Å²) in [6, 6.07) is 3.44. The molecule has 1 rings (SSSR count). The van der Waals surface area contributed by atoms with Crippen LogP contribution in [0.25, 0.3) is 6.08 Å². The summed E-state index contributed by atoms with van der Waals surface area (Å²) in [5.74, 6) is 0. The van der Waals surface area contributed by atoms with Gasteiger partial charge < -0.3 is 5.11 Å². The van der Waals surface area contributed by atoms with Crippen LogP contribution in [-0.4, -0.2) is 21.9 Å². The Labute approximate surface area is 75.7 Å². The smallest absolute Gasteiger partial charge is 0.151 e. The molecule has 4 heteroatoms. The van der Waals surface area contributed by atoms with Gasteiger partial charge in [0, 0.05) is 6.61 Å². The van der Waals surface area contributed by atoms with Gasteiger partial charge in [-0.15, -0.1) is 10.2 Å². The molecule has 0 aliphatic rings. The van der Waals surface area contributed by atoms with E-state index in [0.29, 0.717) is 11.6 Å². The molecule has 0 aromatic carbocycles. The molecule has 3 nitrogen and oxygen atoms in total. The minimum Gasteiger partial charge on any atom is -0.396 e. The van der Waals surface area contributed by atoms with Gasteiger partial charge in [-0.2, -0.15) is 0 Å². The van der Waals surface area contributed by atoms with Crippen molar-refractivity contribution in [3.8, 4) is 0 Å². The fraction of sp³-hybridized carbons (Fsp3) is 0.250. The maximum absolute atomic E-state index is 8.48. The summed E-state index contributed by atoms with van der Waals surface area (Å²) in [6.07, 6.45) is 4.25. The molecule has 1 aromatic rings. The number of halogens is 1. The Kier molecular flexibility index (Phi) is 3.70. The van der Waals surface area contributed by atoms with Crippen LogP contribution in [0.3, 0.4) is 0 Å². The van der Waals surface area contributed by atoms with Crippen molar-refractivity contribution in [2.75, 3.05) is 6.61 Å². The fourth-order valence-corrected chi connectivity index (χ4v) is 0.795. The van der Waals surface area contributed by atoms with E-state index in [0.717, 1.165) is 5.69 Å². The van der Waals surface area contributed by atoms with Gasteiger partial charge in [0.25, 0.3) is 0 Å². The molecule has 1 N–H and O–H groups in total. The summed E-state index contributed by atoms with van der Waals surface area (Å²) in [5, 5.41) is 16.3. The number of aromatic nitrogens is 2. The number of hydrogen-bond donors (Lipinski definition) is 1. The average Bonchev–Trinajstić information content (AvgIpc) is 2.09. The first kappa shape index (κ1) is 9.16. The summed E-state index contributed by atoms with van der Waals surface area (Å²) >= 11 is 5.54.